The SMILES string of the molecule is CC(C)CS(=O)(=O)Nc1cccc(C(=N)N)c1. The zero-order chi connectivity index (χ0) is 13.1. The number of hydrogen-bond donors (Lipinski definition) is 3. The molecular formula is C11H17N3O2S. The fraction of sp³-hybridized carbons (Fsp3) is 0.364. The van der Waals surface area contributed by atoms with Crippen molar-refractivity contribution in [1.82, 2.24) is 0 Å². The topological polar surface area (TPSA) is 96.0 Å². The molecule has 1 aromatic carbocycles. The number of amidine groups is 1. The quantitative estimate of drug-likeness (QED) is 0.547. The number of nitrogens with one attached hydrogen (secondary N) is 2. The van der Waals surface area contributed by atoms with E-state index in [0.29, 0.717) is 11.3 Å². The standard InChI is InChI=1S/C11H17N3O2S/c1-8(2)7-17(15,16)14-10-5-3-4-9(6-10)11(12)13/h3-6,8,14H,7H2,1-2H3,(H3,12,13). The highest BCUT2D eigenvalue weighted by Gasteiger charge is 2.13. The molecule has 0 aliphatic carbocycles. The van der Waals surface area contributed by atoms with Crippen molar-refractivity contribution in [2.45, 2.75) is 13.8 Å². The lowest BCUT2D eigenvalue weighted by atomic mass is 10.2. The Morgan fingerprint density at radius 2 is 2.12 bits per heavy atom. The average molecular weight is 255 g/mol. The zero-order valence-electron chi connectivity index (χ0n) is 9.90. The van der Waals surface area contributed by atoms with Gasteiger partial charge in [0.05, 0.1) is 5.75 Å². The number of nitrogens with two attached hydrogens (primary N) is 1. The Morgan fingerprint density at radius 1 is 1.47 bits per heavy atom. The van der Waals surface area contributed by atoms with Crippen LogP contribution in [0.1, 0.15) is 19.4 Å². The maximum Gasteiger partial charge on any atom is 0.232 e. The molecule has 0 spiro atoms. The van der Waals surface area contributed by atoms with Crippen LogP contribution in [0.15, 0.2) is 24.3 Å². The molecule has 17 heavy (non-hydrogen) atoms. The minimum absolute atomic E-state index is 0.0588. The first-order valence-electron chi connectivity index (χ1n) is 5.25. The van der Waals surface area contributed by atoms with E-state index < -0.39 is 10.0 Å². The van der Waals surface area contributed by atoms with E-state index in [-0.39, 0.29) is 17.5 Å². The van der Waals surface area contributed by atoms with Gasteiger partial charge in [-0.05, 0) is 18.1 Å². The van der Waals surface area contributed by atoms with E-state index in [9.17, 15) is 8.42 Å². The molecule has 0 aliphatic heterocycles. The first kappa shape index (κ1) is 13.5. The first-order chi connectivity index (χ1) is 7.80. The summed E-state index contributed by atoms with van der Waals surface area (Å²) >= 11 is 0. The number of rotatable bonds is 5. The summed E-state index contributed by atoms with van der Waals surface area (Å²) in [5, 5.41) is 7.28. The lowest BCUT2D eigenvalue weighted by Gasteiger charge is -2.10. The van der Waals surface area contributed by atoms with Crippen LogP contribution in [0.2, 0.25) is 0 Å². The molecule has 0 aliphatic rings. The van der Waals surface area contributed by atoms with Crippen molar-refractivity contribution >= 4 is 21.5 Å². The van der Waals surface area contributed by atoms with E-state index in [0.717, 1.165) is 0 Å². The van der Waals surface area contributed by atoms with Crippen molar-refractivity contribution in [3.8, 4) is 0 Å². The van der Waals surface area contributed by atoms with Gasteiger partial charge in [0, 0.05) is 11.3 Å². The average Bonchev–Trinajstić information content (AvgIpc) is 2.14. The van der Waals surface area contributed by atoms with Crippen molar-refractivity contribution in [3.63, 3.8) is 0 Å². The summed E-state index contributed by atoms with van der Waals surface area (Å²) in [5.74, 6) is 0.0375. The smallest absolute Gasteiger partial charge is 0.232 e. The van der Waals surface area contributed by atoms with Crippen LogP contribution >= 0.6 is 0 Å². The molecule has 0 saturated heterocycles. The van der Waals surface area contributed by atoms with E-state index in [1.165, 1.54) is 0 Å². The van der Waals surface area contributed by atoms with Crippen molar-refractivity contribution in [3.05, 3.63) is 29.8 Å². The Hall–Kier alpha value is -1.56. The molecule has 6 heteroatoms. The van der Waals surface area contributed by atoms with E-state index >= 15 is 0 Å². The van der Waals surface area contributed by atoms with Gasteiger partial charge in [0.15, 0.2) is 0 Å². The summed E-state index contributed by atoms with van der Waals surface area (Å²) in [6.45, 7) is 3.68. The van der Waals surface area contributed by atoms with Crippen LogP contribution in [-0.2, 0) is 10.0 Å². The molecule has 0 unspecified atom stereocenters. The highest BCUT2D eigenvalue weighted by atomic mass is 32.2. The van der Waals surface area contributed by atoms with Crippen LogP contribution in [-0.4, -0.2) is 20.0 Å². The molecular weight excluding hydrogens is 238 g/mol. The molecule has 0 saturated carbocycles. The molecule has 94 valence electrons. The van der Waals surface area contributed by atoms with Gasteiger partial charge in [0.1, 0.15) is 5.84 Å². The summed E-state index contributed by atoms with van der Waals surface area (Å²) < 4.78 is 25.9. The fourth-order valence-electron chi connectivity index (χ4n) is 1.41. The predicted octanol–water partition coefficient (Wildman–Crippen LogP) is 1.37. The number of nitrogen functional groups attached to an aromatic ring is 1. The van der Waals surface area contributed by atoms with Gasteiger partial charge < -0.3 is 5.73 Å². The highest BCUT2D eigenvalue weighted by molar-refractivity contribution is 7.92. The maximum atomic E-state index is 11.7. The maximum absolute atomic E-state index is 11.7. The van der Waals surface area contributed by atoms with Crippen LogP contribution in [0.5, 0.6) is 0 Å². The Labute approximate surface area is 102 Å². The number of anilines is 1. The summed E-state index contributed by atoms with van der Waals surface area (Å²) in [5.41, 5.74) is 6.26. The Kier molecular flexibility index (Phi) is 4.11. The third kappa shape index (κ3) is 4.44. The van der Waals surface area contributed by atoms with E-state index in [1.807, 2.05) is 13.8 Å². The predicted molar refractivity (Wildman–Crippen MR) is 69.7 cm³/mol. The van der Waals surface area contributed by atoms with Gasteiger partial charge in [-0.1, -0.05) is 26.0 Å². The fourth-order valence-corrected chi connectivity index (χ4v) is 2.86. The normalized spacial score (nSPS) is 11.5. The molecule has 4 N–H and O–H groups in total. The second kappa shape index (κ2) is 5.18. The van der Waals surface area contributed by atoms with Crippen LogP contribution in [0, 0.1) is 11.3 Å². The van der Waals surface area contributed by atoms with Gasteiger partial charge in [0.2, 0.25) is 10.0 Å². The molecule has 0 heterocycles. The zero-order valence-corrected chi connectivity index (χ0v) is 10.7. The minimum Gasteiger partial charge on any atom is -0.384 e. The van der Waals surface area contributed by atoms with E-state index in [4.69, 9.17) is 11.1 Å². The largest absolute Gasteiger partial charge is 0.384 e. The van der Waals surface area contributed by atoms with Crippen molar-refractivity contribution in [1.29, 1.82) is 5.41 Å². The van der Waals surface area contributed by atoms with Crippen molar-refractivity contribution < 1.29 is 8.42 Å². The van der Waals surface area contributed by atoms with E-state index in [2.05, 4.69) is 4.72 Å². The third-order valence-electron chi connectivity index (χ3n) is 2.00. The van der Waals surface area contributed by atoms with Gasteiger partial charge in [-0.2, -0.15) is 0 Å². The van der Waals surface area contributed by atoms with Crippen LogP contribution in [0.4, 0.5) is 5.69 Å². The second-order valence-electron chi connectivity index (χ2n) is 4.27. The monoisotopic (exact) mass is 255 g/mol. The summed E-state index contributed by atoms with van der Waals surface area (Å²) in [6, 6.07) is 6.48. The van der Waals surface area contributed by atoms with Gasteiger partial charge in [-0.25, -0.2) is 8.42 Å². The van der Waals surface area contributed by atoms with Crippen LogP contribution in [0.25, 0.3) is 0 Å². The summed E-state index contributed by atoms with van der Waals surface area (Å²) in [4.78, 5) is 0. The molecule has 0 amide bonds. The van der Waals surface area contributed by atoms with Gasteiger partial charge in [-0.3, -0.25) is 10.1 Å². The minimum atomic E-state index is -3.34. The molecule has 0 aromatic heterocycles. The van der Waals surface area contributed by atoms with Crippen LogP contribution in [0.3, 0.4) is 0 Å². The Balaban J connectivity index is 2.89. The number of hydrogen-bond acceptors (Lipinski definition) is 3. The van der Waals surface area contributed by atoms with E-state index in [1.54, 1.807) is 24.3 Å². The highest BCUT2D eigenvalue weighted by Crippen LogP contribution is 2.13. The van der Waals surface area contributed by atoms with Gasteiger partial charge in [0.25, 0.3) is 0 Å². The Morgan fingerprint density at radius 3 is 2.65 bits per heavy atom. The number of sulfonamides is 1. The molecule has 0 bridgehead atoms. The molecule has 1 rings (SSSR count). The lowest BCUT2D eigenvalue weighted by Crippen LogP contribution is -2.20. The molecule has 0 atom stereocenters. The molecule has 0 radical (unpaired) electrons. The van der Waals surface area contributed by atoms with Crippen molar-refractivity contribution in [2.24, 2.45) is 11.7 Å². The molecule has 1 aromatic rings. The lowest BCUT2D eigenvalue weighted by molar-refractivity contribution is 0.587. The van der Waals surface area contributed by atoms with Crippen LogP contribution < -0.4 is 10.5 Å². The second-order valence-corrected chi connectivity index (χ2v) is 6.04. The Bertz CT molecular complexity index is 509. The number of benzene rings is 1. The molecule has 5 nitrogen and oxygen atoms in total. The third-order valence-corrected chi connectivity index (χ3v) is 3.65. The molecule has 0 fully saturated rings. The summed E-state index contributed by atoms with van der Waals surface area (Å²) in [6.07, 6.45) is 0. The van der Waals surface area contributed by atoms with Gasteiger partial charge in [-0.15, -0.1) is 0 Å². The van der Waals surface area contributed by atoms with Gasteiger partial charge >= 0.3 is 0 Å². The summed E-state index contributed by atoms with van der Waals surface area (Å²) in [7, 11) is -3.34. The first-order valence-corrected chi connectivity index (χ1v) is 6.90. The van der Waals surface area contributed by atoms with Crippen molar-refractivity contribution in [2.75, 3.05) is 10.5 Å².